The van der Waals surface area contributed by atoms with E-state index in [0.29, 0.717) is 28.4 Å². The number of halogens is 1. The number of aldehydes is 1. The highest BCUT2D eigenvalue weighted by Crippen LogP contribution is 2.34. The highest BCUT2D eigenvalue weighted by atomic mass is 35.5. The van der Waals surface area contributed by atoms with Gasteiger partial charge in [0.1, 0.15) is 6.61 Å². The van der Waals surface area contributed by atoms with Gasteiger partial charge < -0.3 is 9.47 Å². The molecular weight excluding hydrogens is 266 g/mol. The maximum atomic E-state index is 11.0. The Morgan fingerprint density at radius 2 is 2.21 bits per heavy atom. The second-order valence-corrected chi connectivity index (χ2v) is 4.19. The Labute approximate surface area is 115 Å². The summed E-state index contributed by atoms with van der Waals surface area (Å²) in [6.07, 6.45) is 2.36. The van der Waals surface area contributed by atoms with Crippen molar-refractivity contribution in [1.29, 1.82) is 0 Å². The van der Waals surface area contributed by atoms with Crippen LogP contribution in [0.15, 0.2) is 36.5 Å². The van der Waals surface area contributed by atoms with Crippen molar-refractivity contribution in [2.75, 3.05) is 7.11 Å². The molecule has 1 aromatic carbocycles. The molecule has 0 amide bonds. The average molecular weight is 278 g/mol. The molecule has 0 aliphatic carbocycles. The fourth-order valence-corrected chi connectivity index (χ4v) is 1.83. The molecule has 0 aliphatic heterocycles. The van der Waals surface area contributed by atoms with E-state index in [1.165, 1.54) is 13.2 Å². The zero-order valence-electron chi connectivity index (χ0n) is 10.3. The summed E-state index contributed by atoms with van der Waals surface area (Å²) in [4.78, 5) is 15.2. The summed E-state index contributed by atoms with van der Waals surface area (Å²) in [5.41, 5.74) is 1.11. The Morgan fingerprint density at radius 3 is 2.84 bits per heavy atom. The highest BCUT2D eigenvalue weighted by Gasteiger charge is 2.12. The Kier molecular flexibility index (Phi) is 4.36. The van der Waals surface area contributed by atoms with E-state index in [2.05, 4.69) is 4.98 Å². The predicted molar refractivity (Wildman–Crippen MR) is 72.0 cm³/mol. The topological polar surface area (TPSA) is 48.4 Å². The first kappa shape index (κ1) is 13.4. The third-order valence-corrected chi connectivity index (χ3v) is 2.70. The second-order valence-electron chi connectivity index (χ2n) is 3.75. The van der Waals surface area contributed by atoms with Gasteiger partial charge in [0, 0.05) is 17.3 Å². The first-order chi connectivity index (χ1) is 9.24. The SMILES string of the molecule is COc1cc(Cl)cc(C=O)c1OCc1ccccn1. The van der Waals surface area contributed by atoms with Gasteiger partial charge in [0.05, 0.1) is 18.4 Å². The van der Waals surface area contributed by atoms with Crippen LogP contribution in [0.4, 0.5) is 0 Å². The Hall–Kier alpha value is -2.07. The number of hydrogen-bond acceptors (Lipinski definition) is 4. The maximum Gasteiger partial charge on any atom is 0.172 e. The molecule has 1 heterocycles. The molecule has 0 bridgehead atoms. The lowest BCUT2D eigenvalue weighted by atomic mass is 10.2. The van der Waals surface area contributed by atoms with E-state index in [0.717, 1.165) is 5.69 Å². The summed E-state index contributed by atoms with van der Waals surface area (Å²) in [5, 5.41) is 0.420. The van der Waals surface area contributed by atoms with Gasteiger partial charge in [-0.1, -0.05) is 17.7 Å². The first-order valence-corrected chi connectivity index (χ1v) is 5.98. The highest BCUT2D eigenvalue weighted by molar-refractivity contribution is 6.31. The molecule has 4 nitrogen and oxygen atoms in total. The molecule has 98 valence electrons. The van der Waals surface area contributed by atoms with Gasteiger partial charge in [-0.05, 0) is 18.2 Å². The van der Waals surface area contributed by atoms with E-state index < -0.39 is 0 Å². The molecule has 1 aromatic heterocycles. The van der Waals surface area contributed by atoms with Crippen molar-refractivity contribution in [3.05, 3.63) is 52.8 Å². The van der Waals surface area contributed by atoms with Crippen molar-refractivity contribution >= 4 is 17.9 Å². The third kappa shape index (κ3) is 3.23. The monoisotopic (exact) mass is 277 g/mol. The Morgan fingerprint density at radius 1 is 1.37 bits per heavy atom. The van der Waals surface area contributed by atoms with Crippen molar-refractivity contribution in [3.8, 4) is 11.5 Å². The lowest BCUT2D eigenvalue weighted by Gasteiger charge is -2.12. The third-order valence-electron chi connectivity index (χ3n) is 2.49. The molecule has 2 rings (SSSR count). The number of benzene rings is 1. The number of carbonyl (C=O) groups is 1. The van der Waals surface area contributed by atoms with Crippen LogP contribution in [0.25, 0.3) is 0 Å². The average Bonchev–Trinajstić information content (AvgIpc) is 2.46. The van der Waals surface area contributed by atoms with Crippen molar-refractivity contribution < 1.29 is 14.3 Å². The van der Waals surface area contributed by atoms with E-state index >= 15 is 0 Å². The van der Waals surface area contributed by atoms with Crippen LogP contribution in [-0.2, 0) is 6.61 Å². The summed E-state index contributed by atoms with van der Waals surface area (Å²) in [7, 11) is 1.49. The minimum atomic E-state index is 0.250. The normalized spacial score (nSPS) is 10.0. The fourth-order valence-electron chi connectivity index (χ4n) is 1.61. The minimum absolute atomic E-state index is 0.250. The molecule has 0 saturated carbocycles. The zero-order valence-corrected chi connectivity index (χ0v) is 11.1. The van der Waals surface area contributed by atoms with Gasteiger partial charge in [-0.15, -0.1) is 0 Å². The molecule has 0 fully saturated rings. The van der Waals surface area contributed by atoms with Crippen LogP contribution in [0.2, 0.25) is 5.02 Å². The molecule has 0 atom stereocenters. The van der Waals surface area contributed by atoms with Gasteiger partial charge in [0.15, 0.2) is 17.8 Å². The first-order valence-electron chi connectivity index (χ1n) is 5.60. The standard InChI is InChI=1S/C14H12ClNO3/c1-18-13-7-11(15)6-10(8-17)14(13)19-9-12-4-2-3-5-16-12/h2-8H,9H2,1H3. The zero-order chi connectivity index (χ0) is 13.7. The van der Waals surface area contributed by atoms with E-state index in [1.54, 1.807) is 12.3 Å². The number of rotatable bonds is 5. The van der Waals surface area contributed by atoms with Crippen LogP contribution in [0, 0.1) is 0 Å². The quantitative estimate of drug-likeness (QED) is 0.788. The number of pyridine rings is 1. The molecule has 0 radical (unpaired) electrons. The molecule has 5 heteroatoms. The van der Waals surface area contributed by atoms with Crippen LogP contribution in [0.5, 0.6) is 11.5 Å². The van der Waals surface area contributed by atoms with E-state index in [9.17, 15) is 4.79 Å². The van der Waals surface area contributed by atoms with Gasteiger partial charge in [0.25, 0.3) is 0 Å². The number of ether oxygens (including phenoxy) is 2. The molecule has 0 N–H and O–H groups in total. The van der Waals surface area contributed by atoms with Crippen LogP contribution in [0.1, 0.15) is 16.1 Å². The van der Waals surface area contributed by atoms with Gasteiger partial charge in [-0.3, -0.25) is 9.78 Å². The van der Waals surface area contributed by atoms with Gasteiger partial charge in [-0.2, -0.15) is 0 Å². The summed E-state index contributed by atoms with van der Waals surface area (Å²) in [5.74, 6) is 0.790. The lowest BCUT2D eigenvalue weighted by Crippen LogP contribution is -2.02. The summed E-state index contributed by atoms with van der Waals surface area (Å²) in [6.45, 7) is 0.250. The van der Waals surface area contributed by atoms with Gasteiger partial charge >= 0.3 is 0 Å². The second kappa shape index (κ2) is 6.20. The molecule has 0 aliphatic rings. The minimum Gasteiger partial charge on any atom is -0.493 e. The van der Waals surface area contributed by atoms with E-state index in [4.69, 9.17) is 21.1 Å². The van der Waals surface area contributed by atoms with Crippen LogP contribution in [-0.4, -0.2) is 18.4 Å². The van der Waals surface area contributed by atoms with Crippen LogP contribution < -0.4 is 9.47 Å². The Balaban J connectivity index is 2.26. The number of carbonyl (C=O) groups excluding carboxylic acids is 1. The van der Waals surface area contributed by atoms with Crippen LogP contribution >= 0.6 is 11.6 Å². The van der Waals surface area contributed by atoms with E-state index in [1.807, 2.05) is 18.2 Å². The maximum absolute atomic E-state index is 11.0. The molecular formula is C14H12ClNO3. The van der Waals surface area contributed by atoms with Gasteiger partial charge in [-0.25, -0.2) is 0 Å². The molecule has 2 aromatic rings. The lowest BCUT2D eigenvalue weighted by molar-refractivity contribution is 0.111. The number of aromatic nitrogens is 1. The molecule has 0 unspecified atom stereocenters. The van der Waals surface area contributed by atoms with Gasteiger partial charge in [0.2, 0.25) is 0 Å². The van der Waals surface area contributed by atoms with Crippen molar-refractivity contribution in [2.45, 2.75) is 6.61 Å². The molecule has 0 spiro atoms. The summed E-state index contributed by atoms with van der Waals surface area (Å²) < 4.78 is 10.8. The number of methoxy groups -OCH3 is 1. The number of nitrogens with zero attached hydrogens (tertiary/aromatic N) is 1. The van der Waals surface area contributed by atoms with Crippen molar-refractivity contribution in [2.24, 2.45) is 0 Å². The van der Waals surface area contributed by atoms with E-state index in [-0.39, 0.29) is 6.61 Å². The smallest absolute Gasteiger partial charge is 0.172 e. The van der Waals surface area contributed by atoms with Crippen molar-refractivity contribution in [1.82, 2.24) is 4.98 Å². The van der Waals surface area contributed by atoms with Crippen LogP contribution in [0.3, 0.4) is 0 Å². The summed E-state index contributed by atoms with van der Waals surface area (Å²) >= 11 is 5.89. The molecule has 0 saturated heterocycles. The Bertz CT molecular complexity index is 572. The number of hydrogen-bond donors (Lipinski definition) is 0. The summed E-state index contributed by atoms with van der Waals surface area (Å²) in [6, 6.07) is 8.66. The van der Waals surface area contributed by atoms with Crippen molar-refractivity contribution in [3.63, 3.8) is 0 Å². The predicted octanol–water partition coefficient (Wildman–Crippen LogP) is 3.14. The largest absolute Gasteiger partial charge is 0.493 e. The fraction of sp³-hybridized carbons (Fsp3) is 0.143. The molecule has 19 heavy (non-hydrogen) atoms.